The molecule has 29 aromatic rings. The molecule has 0 N–H and O–H groups in total. The summed E-state index contributed by atoms with van der Waals surface area (Å²) in [4.78, 5) is 31.4. The molecule has 0 atom stereocenters. The first-order valence-corrected chi connectivity index (χ1v) is 48.6. The molecule has 0 aliphatic heterocycles. The summed E-state index contributed by atoms with van der Waals surface area (Å²) in [7, 11) is 0. The van der Waals surface area contributed by atoms with E-state index in [2.05, 4.69) is 523 Å². The molecular formula is C134H85N9. The molecular weight excluding hydrogens is 1740 g/mol. The van der Waals surface area contributed by atoms with E-state index in [-0.39, 0.29) is 0 Å². The molecule has 0 spiro atoms. The lowest BCUT2D eigenvalue weighted by Gasteiger charge is -2.14. The molecule has 0 bridgehead atoms. The Morgan fingerprint density at radius 3 is 0.720 bits per heavy atom. The van der Waals surface area contributed by atoms with E-state index < -0.39 is 0 Å². The quantitative estimate of drug-likeness (QED) is 0.113. The van der Waals surface area contributed by atoms with E-state index in [1.165, 1.54) is 152 Å². The second-order valence-corrected chi connectivity index (χ2v) is 36.7. The third kappa shape index (κ3) is 14.8. The highest BCUT2D eigenvalue weighted by atomic mass is 15.0. The van der Waals surface area contributed by atoms with Crippen molar-refractivity contribution in [3.8, 4) is 119 Å². The second kappa shape index (κ2) is 35.1. The minimum atomic E-state index is 0.700. The predicted octanol–water partition coefficient (Wildman–Crippen LogP) is 34.9. The van der Waals surface area contributed by atoms with Gasteiger partial charge in [0.1, 0.15) is 0 Å². The first kappa shape index (κ1) is 83.2. The third-order valence-electron chi connectivity index (χ3n) is 28.4. The highest BCUT2D eigenvalue weighted by Gasteiger charge is 2.24. The molecule has 0 radical (unpaired) electrons. The molecule has 666 valence electrons. The summed E-state index contributed by atoms with van der Waals surface area (Å²) in [6.45, 7) is 0. The summed E-state index contributed by atoms with van der Waals surface area (Å²) in [6, 6.07) is 183. The lowest BCUT2D eigenvalue weighted by molar-refractivity contribution is 1.16. The van der Waals surface area contributed by atoms with Gasteiger partial charge in [-0.3, -0.25) is 0 Å². The SMILES string of the molecule is c1ccc(-c2cc(-c3cc4ccccc4c4ccccc34)nc(-c3ccc(-n4c5ccccc5c5ccccc54)cc3)n2)cc1.c1ccc2c(-c3cc(-c4cc5ccccc5c5ccccc45)nc(-c4ccc(-n5c6ccccc6c6ccccc65)cc4)n3)cccc2c1.c1ccc2cc(-c3cc(-c4cc5ccccc5c5ccccc45)nc(-c4ccc(-n5c6ccccc6c6ccccc65)cc4)n3)ccc2c1. The van der Waals surface area contributed by atoms with E-state index in [9.17, 15) is 0 Å². The number of aromatic nitrogens is 9. The van der Waals surface area contributed by atoms with Gasteiger partial charge in [0.25, 0.3) is 0 Å². The zero-order valence-electron chi connectivity index (χ0n) is 77.6. The first-order chi connectivity index (χ1) is 70.9. The molecule has 0 unspecified atom stereocenters. The Bertz CT molecular complexity index is 9950. The van der Waals surface area contributed by atoms with Crippen molar-refractivity contribution < 1.29 is 0 Å². The molecule has 9 heteroatoms. The molecule has 0 fully saturated rings. The molecule has 29 rings (SSSR count). The summed E-state index contributed by atoms with van der Waals surface area (Å²) >= 11 is 0. The van der Waals surface area contributed by atoms with Crippen molar-refractivity contribution in [3.05, 3.63) is 516 Å². The largest absolute Gasteiger partial charge is 0.309 e. The van der Waals surface area contributed by atoms with E-state index in [1.54, 1.807) is 0 Å². The molecule has 6 aromatic heterocycles. The number of hydrogen-bond donors (Lipinski definition) is 0. The van der Waals surface area contributed by atoms with Gasteiger partial charge < -0.3 is 13.7 Å². The van der Waals surface area contributed by atoms with Crippen LogP contribution in [0.25, 0.3) is 270 Å². The van der Waals surface area contributed by atoms with Crippen LogP contribution in [0.3, 0.4) is 0 Å². The molecule has 23 aromatic carbocycles. The lowest BCUT2D eigenvalue weighted by atomic mass is 9.94. The van der Waals surface area contributed by atoms with Crippen molar-refractivity contribution in [2.45, 2.75) is 0 Å². The van der Waals surface area contributed by atoms with Crippen LogP contribution in [0.4, 0.5) is 0 Å². The zero-order valence-corrected chi connectivity index (χ0v) is 77.6. The van der Waals surface area contributed by atoms with Gasteiger partial charge in [-0.15, -0.1) is 0 Å². The van der Waals surface area contributed by atoms with Crippen LogP contribution in [0.1, 0.15) is 0 Å². The van der Waals surface area contributed by atoms with Gasteiger partial charge in [0.05, 0.1) is 67.3 Å². The van der Waals surface area contributed by atoms with Crippen molar-refractivity contribution in [3.63, 3.8) is 0 Å². The standard InChI is InChI=1S/2C46H29N3.C42H27N3/c1-3-15-34-30(12-1)14-11-21-38(34)42-29-43(41-28-32-13-2-4-16-35(32)36-17-5-6-18-37(36)41)48-46(47-42)31-24-26-33(27-25-31)49-44-22-9-7-19-39(44)40-20-8-10-23-45(40)49;1-2-12-32-27-34(22-21-30(32)11-1)42-29-43(41-28-33-13-3-4-14-36(33)37-15-5-6-16-38(37)41)48-46(47-42)31-23-25-35(26-24-31)49-44-19-9-7-17-39(44)40-18-8-10-20-45(40)49;1-2-12-28(13-3-1)38-27-39(37-26-30-14-4-5-15-32(30)33-16-6-7-17-34(33)37)44-42(43-38)29-22-24-31(25-23-29)45-40-20-10-8-18-35(40)36-19-9-11-21-41(36)45/h2*1-29H;1-27H. The fourth-order valence-electron chi connectivity index (χ4n) is 21.7. The molecule has 6 heterocycles. The van der Waals surface area contributed by atoms with Crippen molar-refractivity contribution in [1.29, 1.82) is 0 Å². The van der Waals surface area contributed by atoms with E-state index in [0.717, 1.165) is 101 Å². The molecule has 9 nitrogen and oxygen atoms in total. The number of rotatable bonds is 12. The van der Waals surface area contributed by atoms with Gasteiger partial charge in [-0.05, 0) is 238 Å². The number of benzene rings is 23. The van der Waals surface area contributed by atoms with E-state index >= 15 is 0 Å². The zero-order chi connectivity index (χ0) is 94.4. The Kier molecular flexibility index (Phi) is 20.4. The van der Waals surface area contributed by atoms with E-state index in [4.69, 9.17) is 29.9 Å². The minimum Gasteiger partial charge on any atom is -0.309 e. The fraction of sp³-hybridized carbons (Fsp3) is 0. The average Bonchev–Trinajstić information content (AvgIpc) is 1.74. The van der Waals surface area contributed by atoms with Gasteiger partial charge in [0, 0.05) is 99.5 Å². The fourth-order valence-corrected chi connectivity index (χ4v) is 21.7. The van der Waals surface area contributed by atoms with E-state index in [1.807, 2.05) is 6.07 Å². The van der Waals surface area contributed by atoms with Crippen LogP contribution in [0.2, 0.25) is 0 Å². The van der Waals surface area contributed by atoms with Crippen molar-refractivity contribution >= 4 is 152 Å². The minimum absolute atomic E-state index is 0.700. The second-order valence-electron chi connectivity index (χ2n) is 36.7. The van der Waals surface area contributed by atoms with Gasteiger partial charge in [-0.2, -0.15) is 0 Å². The number of nitrogens with zero attached hydrogens (tertiary/aromatic N) is 9. The Morgan fingerprint density at radius 2 is 0.364 bits per heavy atom. The summed E-state index contributed by atoms with van der Waals surface area (Å²) in [5, 5.41) is 26.8. The maximum atomic E-state index is 5.31. The third-order valence-corrected chi connectivity index (χ3v) is 28.4. The smallest absolute Gasteiger partial charge is 0.160 e. The van der Waals surface area contributed by atoms with Gasteiger partial charge in [-0.25, -0.2) is 29.9 Å². The monoisotopic (exact) mass is 1820 g/mol. The summed E-state index contributed by atoms with van der Waals surface area (Å²) < 4.78 is 7.02. The first-order valence-electron chi connectivity index (χ1n) is 48.6. The van der Waals surface area contributed by atoms with Crippen LogP contribution in [0, 0.1) is 0 Å². The molecule has 0 saturated heterocycles. The summed E-state index contributed by atoms with van der Waals surface area (Å²) in [5.41, 5.74) is 25.3. The highest BCUT2D eigenvalue weighted by Crippen LogP contribution is 2.45. The Labute approximate surface area is 823 Å². The maximum Gasteiger partial charge on any atom is 0.160 e. The molecule has 0 aliphatic carbocycles. The maximum absolute atomic E-state index is 5.31. The van der Waals surface area contributed by atoms with Gasteiger partial charge in [-0.1, -0.05) is 364 Å². The van der Waals surface area contributed by atoms with Crippen molar-refractivity contribution in [1.82, 2.24) is 43.6 Å². The van der Waals surface area contributed by atoms with Crippen molar-refractivity contribution in [2.24, 2.45) is 0 Å². The molecule has 0 aliphatic rings. The van der Waals surface area contributed by atoms with Crippen LogP contribution in [0.5, 0.6) is 0 Å². The summed E-state index contributed by atoms with van der Waals surface area (Å²) in [6.07, 6.45) is 0. The number of fused-ring (bicyclic) bond motifs is 20. The van der Waals surface area contributed by atoms with Crippen LogP contribution in [-0.2, 0) is 0 Å². The average molecular weight is 1820 g/mol. The summed E-state index contributed by atoms with van der Waals surface area (Å²) in [5.74, 6) is 2.11. The van der Waals surface area contributed by atoms with Crippen LogP contribution < -0.4 is 0 Å². The van der Waals surface area contributed by atoms with Gasteiger partial charge in [0.2, 0.25) is 0 Å². The van der Waals surface area contributed by atoms with E-state index in [0.29, 0.717) is 17.5 Å². The number of hydrogen-bond acceptors (Lipinski definition) is 6. The Balaban J connectivity index is 0.000000107. The highest BCUT2D eigenvalue weighted by molar-refractivity contribution is 6.18. The van der Waals surface area contributed by atoms with Gasteiger partial charge >= 0.3 is 0 Å². The topological polar surface area (TPSA) is 92.1 Å². The van der Waals surface area contributed by atoms with Crippen LogP contribution in [0.15, 0.2) is 516 Å². The molecule has 0 amide bonds. The lowest BCUT2D eigenvalue weighted by Crippen LogP contribution is -1.98. The van der Waals surface area contributed by atoms with Crippen molar-refractivity contribution in [2.75, 3.05) is 0 Å². The Hall–Kier alpha value is -19.2. The van der Waals surface area contributed by atoms with Crippen LogP contribution >= 0.6 is 0 Å². The number of para-hydroxylation sites is 6. The van der Waals surface area contributed by atoms with Crippen LogP contribution in [-0.4, -0.2) is 43.6 Å². The predicted molar refractivity (Wildman–Crippen MR) is 598 cm³/mol. The molecule has 0 saturated carbocycles. The molecule has 143 heavy (non-hydrogen) atoms. The Morgan fingerprint density at radius 1 is 0.119 bits per heavy atom. The van der Waals surface area contributed by atoms with Gasteiger partial charge in [0.15, 0.2) is 17.5 Å². The normalized spacial score (nSPS) is 11.6.